The average Bonchev–Trinajstić information content (AvgIpc) is 2.79. The SMILES string of the molecule is CCC(=O)N1c2ccccc2C(N(c2ccccc2)S(=O)(=O)c2ccc(C)cc2)CC1C. The number of rotatable bonds is 5. The minimum atomic E-state index is -3.85. The van der Waals surface area contributed by atoms with Crippen molar-refractivity contribution in [2.45, 2.75) is 50.6 Å². The molecule has 2 atom stereocenters. The van der Waals surface area contributed by atoms with Crippen LogP contribution in [0.15, 0.2) is 83.8 Å². The van der Waals surface area contributed by atoms with Crippen molar-refractivity contribution in [3.05, 3.63) is 90.0 Å². The molecule has 166 valence electrons. The Labute approximate surface area is 190 Å². The first kappa shape index (κ1) is 22.1. The monoisotopic (exact) mass is 448 g/mol. The van der Waals surface area contributed by atoms with Crippen molar-refractivity contribution in [1.29, 1.82) is 0 Å². The van der Waals surface area contributed by atoms with Crippen LogP contribution in [0.2, 0.25) is 0 Å². The Morgan fingerprint density at radius 1 is 0.969 bits per heavy atom. The Kier molecular flexibility index (Phi) is 6.07. The normalized spacial score (nSPS) is 18.2. The van der Waals surface area contributed by atoms with E-state index in [9.17, 15) is 13.2 Å². The van der Waals surface area contributed by atoms with E-state index in [-0.39, 0.29) is 16.8 Å². The summed E-state index contributed by atoms with van der Waals surface area (Å²) in [5, 5.41) is 0. The number of amides is 1. The van der Waals surface area contributed by atoms with E-state index in [4.69, 9.17) is 0 Å². The van der Waals surface area contributed by atoms with Crippen LogP contribution in [0.25, 0.3) is 0 Å². The Balaban J connectivity index is 1.91. The van der Waals surface area contributed by atoms with E-state index >= 15 is 0 Å². The van der Waals surface area contributed by atoms with Crippen LogP contribution in [-0.4, -0.2) is 20.4 Å². The largest absolute Gasteiger partial charge is 0.309 e. The number of hydrogen-bond acceptors (Lipinski definition) is 3. The van der Waals surface area contributed by atoms with Gasteiger partial charge in [-0.1, -0.05) is 61.0 Å². The lowest BCUT2D eigenvalue weighted by atomic mass is 9.91. The van der Waals surface area contributed by atoms with Gasteiger partial charge in [-0.3, -0.25) is 9.10 Å². The first-order valence-corrected chi connectivity index (χ1v) is 12.4. The molecule has 1 heterocycles. The number of carbonyl (C=O) groups is 1. The number of benzene rings is 3. The Morgan fingerprint density at radius 2 is 1.59 bits per heavy atom. The van der Waals surface area contributed by atoms with Gasteiger partial charge in [0, 0.05) is 18.2 Å². The Hall–Kier alpha value is -3.12. The highest BCUT2D eigenvalue weighted by Crippen LogP contribution is 2.44. The smallest absolute Gasteiger partial charge is 0.264 e. The summed E-state index contributed by atoms with van der Waals surface area (Å²) < 4.78 is 29.5. The van der Waals surface area contributed by atoms with E-state index in [2.05, 4.69) is 0 Å². The molecule has 4 rings (SSSR count). The molecule has 1 aliphatic heterocycles. The minimum Gasteiger partial charge on any atom is -0.309 e. The number of nitrogens with zero attached hydrogens (tertiary/aromatic N) is 2. The minimum absolute atomic E-state index is 0.0380. The van der Waals surface area contributed by atoms with Crippen LogP contribution in [0.3, 0.4) is 0 Å². The molecule has 3 aromatic rings. The molecule has 0 N–H and O–H groups in total. The molecule has 2 unspecified atom stereocenters. The summed E-state index contributed by atoms with van der Waals surface area (Å²) >= 11 is 0. The van der Waals surface area contributed by atoms with Crippen LogP contribution >= 0.6 is 0 Å². The molecular weight excluding hydrogens is 420 g/mol. The van der Waals surface area contributed by atoms with Crippen LogP contribution in [-0.2, 0) is 14.8 Å². The van der Waals surface area contributed by atoms with E-state index in [0.717, 1.165) is 16.8 Å². The van der Waals surface area contributed by atoms with E-state index in [1.807, 2.05) is 92.4 Å². The highest BCUT2D eigenvalue weighted by molar-refractivity contribution is 7.92. The number of para-hydroxylation sites is 2. The fraction of sp³-hybridized carbons (Fsp3) is 0.269. The van der Waals surface area contributed by atoms with Crippen LogP contribution in [0, 0.1) is 6.92 Å². The number of aryl methyl sites for hydroxylation is 1. The molecule has 0 radical (unpaired) electrons. The average molecular weight is 449 g/mol. The van der Waals surface area contributed by atoms with Crippen LogP contribution in [0.1, 0.15) is 43.9 Å². The summed E-state index contributed by atoms with van der Waals surface area (Å²) in [5.74, 6) is 0.0380. The van der Waals surface area contributed by atoms with Crippen molar-refractivity contribution in [1.82, 2.24) is 0 Å². The molecule has 0 spiro atoms. The third kappa shape index (κ3) is 3.91. The summed E-state index contributed by atoms with van der Waals surface area (Å²) in [6, 6.07) is 23.2. The summed E-state index contributed by atoms with van der Waals surface area (Å²) in [6.07, 6.45) is 0.899. The van der Waals surface area contributed by atoms with E-state index in [0.29, 0.717) is 18.5 Å². The van der Waals surface area contributed by atoms with Gasteiger partial charge in [0.25, 0.3) is 10.0 Å². The third-order valence-corrected chi connectivity index (χ3v) is 7.85. The van der Waals surface area contributed by atoms with Gasteiger partial charge < -0.3 is 4.90 Å². The predicted octanol–water partition coefficient (Wildman–Crippen LogP) is 5.47. The number of anilines is 2. The van der Waals surface area contributed by atoms with Gasteiger partial charge in [-0.15, -0.1) is 0 Å². The zero-order valence-corrected chi connectivity index (χ0v) is 19.4. The van der Waals surface area contributed by atoms with Crippen molar-refractivity contribution in [3.8, 4) is 0 Å². The first-order chi connectivity index (χ1) is 15.3. The van der Waals surface area contributed by atoms with E-state index in [1.54, 1.807) is 12.1 Å². The lowest BCUT2D eigenvalue weighted by Gasteiger charge is -2.43. The van der Waals surface area contributed by atoms with Gasteiger partial charge in [0.1, 0.15) is 0 Å². The second-order valence-corrected chi connectivity index (χ2v) is 10.0. The molecule has 0 aliphatic carbocycles. The number of hydrogen-bond donors (Lipinski definition) is 0. The van der Waals surface area contributed by atoms with Gasteiger partial charge in [0.15, 0.2) is 0 Å². The number of fused-ring (bicyclic) bond motifs is 1. The van der Waals surface area contributed by atoms with Gasteiger partial charge in [0.2, 0.25) is 5.91 Å². The molecule has 0 fully saturated rings. The lowest BCUT2D eigenvalue weighted by molar-refractivity contribution is -0.118. The zero-order valence-electron chi connectivity index (χ0n) is 18.6. The third-order valence-electron chi connectivity index (χ3n) is 6.00. The van der Waals surface area contributed by atoms with Crippen molar-refractivity contribution >= 4 is 27.3 Å². The molecule has 0 bridgehead atoms. The fourth-order valence-corrected chi connectivity index (χ4v) is 6.08. The molecule has 1 amide bonds. The maximum Gasteiger partial charge on any atom is 0.264 e. The van der Waals surface area contributed by atoms with E-state index in [1.165, 1.54) is 4.31 Å². The number of sulfonamides is 1. The van der Waals surface area contributed by atoms with Crippen LogP contribution < -0.4 is 9.21 Å². The lowest BCUT2D eigenvalue weighted by Crippen LogP contribution is -2.47. The predicted molar refractivity (Wildman–Crippen MR) is 128 cm³/mol. The molecular formula is C26H28N2O3S. The summed E-state index contributed by atoms with van der Waals surface area (Å²) in [5.41, 5.74) is 3.23. The van der Waals surface area contributed by atoms with Crippen molar-refractivity contribution in [3.63, 3.8) is 0 Å². The van der Waals surface area contributed by atoms with Crippen LogP contribution in [0.4, 0.5) is 11.4 Å². The van der Waals surface area contributed by atoms with Gasteiger partial charge >= 0.3 is 0 Å². The summed E-state index contributed by atoms with van der Waals surface area (Å²) in [6.45, 7) is 5.77. The Bertz CT molecular complexity index is 1210. The van der Waals surface area contributed by atoms with E-state index < -0.39 is 16.1 Å². The highest BCUT2D eigenvalue weighted by Gasteiger charge is 2.40. The summed E-state index contributed by atoms with van der Waals surface area (Å²) in [4.78, 5) is 14.8. The summed E-state index contributed by atoms with van der Waals surface area (Å²) in [7, 11) is -3.85. The number of carbonyl (C=O) groups excluding carboxylic acids is 1. The quantitative estimate of drug-likeness (QED) is 0.520. The zero-order chi connectivity index (χ0) is 22.9. The highest BCUT2D eigenvalue weighted by atomic mass is 32.2. The van der Waals surface area contributed by atoms with Gasteiger partial charge in [-0.25, -0.2) is 8.42 Å². The maximum absolute atomic E-state index is 14.0. The van der Waals surface area contributed by atoms with Gasteiger partial charge in [-0.2, -0.15) is 0 Å². The molecule has 6 heteroatoms. The standard InChI is InChI=1S/C26H28N2O3S/c1-4-26(29)27-20(3)18-25(23-12-8-9-13-24(23)27)28(21-10-6-5-7-11-21)32(30,31)22-16-14-19(2)15-17-22/h5-17,20,25H,4,18H2,1-3H3. The Morgan fingerprint density at radius 3 is 2.25 bits per heavy atom. The molecule has 32 heavy (non-hydrogen) atoms. The first-order valence-electron chi connectivity index (χ1n) is 10.9. The van der Waals surface area contributed by atoms with Crippen molar-refractivity contribution in [2.24, 2.45) is 0 Å². The molecule has 0 aromatic heterocycles. The molecule has 3 aromatic carbocycles. The fourth-order valence-electron chi connectivity index (χ4n) is 4.44. The second-order valence-electron chi connectivity index (χ2n) is 8.23. The molecule has 0 saturated heterocycles. The molecule has 1 aliphatic rings. The second kappa shape index (κ2) is 8.79. The maximum atomic E-state index is 14.0. The van der Waals surface area contributed by atoms with Crippen LogP contribution in [0.5, 0.6) is 0 Å². The topological polar surface area (TPSA) is 57.7 Å². The molecule has 0 saturated carbocycles. The van der Waals surface area contributed by atoms with Crippen molar-refractivity contribution < 1.29 is 13.2 Å². The van der Waals surface area contributed by atoms with Gasteiger partial charge in [0.05, 0.1) is 16.6 Å². The molecule has 5 nitrogen and oxygen atoms in total. The van der Waals surface area contributed by atoms with Gasteiger partial charge in [-0.05, 0) is 56.2 Å². The van der Waals surface area contributed by atoms with Crippen molar-refractivity contribution in [2.75, 3.05) is 9.21 Å².